The molecule has 0 heterocycles. The Hall–Kier alpha value is -0.220. The van der Waals surface area contributed by atoms with Crippen LogP contribution in [0.1, 0.15) is 5.56 Å². The molecule has 0 radical (unpaired) electrons. The summed E-state index contributed by atoms with van der Waals surface area (Å²) in [6, 6.07) is 5.79. The van der Waals surface area contributed by atoms with Gasteiger partial charge in [0.25, 0.3) is 0 Å². The summed E-state index contributed by atoms with van der Waals surface area (Å²) in [4.78, 5) is 0. The van der Waals surface area contributed by atoms with E-state index in [0.29, 0.717) is 0 Å². The third-order valence-electron chi connectivity index (χ3n) is 1.12. The number of rotatable bonds is 0. The molecule has 0 atom stereocenters. The Balaban J connectivity index is -0.000000270. The highest BCUT2D eigenvalue weighted by Gasteiger charge is 1.92. The summed E-state index contributed by atoms with van der Waals surface area (Å²) < 4.78 is 1.07. The molecule has 0 amide bonds. The average molecular weight is 266 g/mol. The van der Waals surface area contributed by atoms with Crippen LogP contribution in [0.4, 0.5) is 14.1 Å². The molecule has 0 spiro atoms. The van der Waals surface area contributed by atoms with E-state index in [2.05, 4.69) is 15.9 Å². The van der Waals surface area contributed by atoms with Crippen LogP contribution in [0.15, 0.2) is 22.7 Å². The van der Waals surface area contributed by atoms with Crippen LogP contribution in [0.3, 0.4) is 0 Å². The second-order valence-electron chi connectivity index (χ2n) is 1.89. The fraction of sp³-hybridized carbons (Fsp3) is 0.143. The molecule has 0 aromatic heterocycles. The van der Waals surface area contributed by atoms with Gasteiger partial charge >= 0.3 is 0 Å². The van der Waals surface area contributed by atoms with Gasteiger partial charge in [-0.2, -0.15) is 0 Å². The second-order valence-corrected chi connectivity index (χ2v) is 3.22. The van der Waals surface area contributed by atoms with E-state index in [4.69, 9.17) is 11.6 Å². The van der Waals surface area contributed by atoms with Crippen LogP contribution in [0.25, 0.3) is 0 Å². The van der Waals surface area contributed by atoms with Gasteiger partial charge in [-0.05, 0) is 30.7 Å². The van der Waals surface area contributed by atoms with Gasteiger partial charge in [-0.3, -0.25) is 14.1 Å². The molecule has 0 aliphatic heterocycles. The van der Waals surface area contributed by atoms with Gasteiger partial charge in [0.1, 0.15) is 0 Å². The Morgan fingerprint density at radius 1 is 1.17 bits per heavy atom. The van der Waals surface area contributed by atoms with E-state index < -0.39 is 0 Å². The fourth-order valence-electron chi connectivity index (χ4n) is 0.608. The molecule has 1 aromatic rings. The van der Waals surface area contributed by atoms with Crippen molar-refractivity contribution in [3.05, 3.63) is 33.3 Å². The Morgan fingerprint density at radius 2 is 1.67 bits per heavy atom. The van der Waals surface area contributed by atoms with E-state index in [1.807, 2.05) is 25.1 Å². The molecule has 12 heavy (non-hydrogen) atoms. The fourth-order valence-corrected chi connectivity index (χ4v) is 1.20. The smallest absolute Gasteiger partial charge is 0.0435 e. The third kappa shape index (κ3) is 4.62. The van der Waals surface area contributed by atoms with Crippen molar-refractivity contribution >= 4 is 27.5 Å². The first-order valence-electron chi connectivity index (χ1n) is 2.62. The molecule has 0 N–H and O–H groups in total. The maximum atomic E-state index is 5.76. The van der Waals surface area contributed by atoms with E-state index in [0.717, 1.165) is 15.1 Å². The van der Waals surface area contributed by atoms with Crippen molar-refractivity contribution < 1.29 is 14.1 Å². The van der Waals surface area contributed by atoms with Crippen LogP contribution in [-0.4, -0.2) is 0 Å². The van der Waals surface area contributed by atoms with E-state index in [1.165, 1.54) is 0 Å². The second kappa shape index (κ2) is 7.43. The maximum absolute atomic E-state index is 5.76. The van der Waals surface area contributed by atoms with Gasteiger partial charge in [-0.25, -0.2) is 0 Å². The minimum Gasteiger partial charge on any atom is -0.269 e. The molecule has 0 aliphatic carbocycles. The summed E-state index contributed by atoms with van der Waals surface area (Å²) in [7, 11) is 0. The van der Waals surface area contributed by atoms with Crippen LogP contribution < -0.4 is 0 Å². The lowest BCUT2D eigenvalue weighted by Crippen LogP contribution is -1.72. The summed E-state index contributed by atoms with van der Waals surface area (Å²) in [5.41, 5.74) is 1.10. The van der Waals surface area contributed by atoms with Crippen molar-refractivity contribution in [3.8, 4) is 0 Å². The summed E-state index contributed by atoms with van der Waals surface area (Å²) in [6.07, 6.45) is 0. The van der Waals surface area contributed by atoms with E-state index >= 15 is 0 Å². The van der Waals surface area contributed by atoms with Crippen molar-refractivity contribution in [2.45, 2.75) is 6.92 Å². The van der Waals surface area contributed by atoms with Gasteiger partial charge < -0.3 is 0 Å². The van der Waals surface area contributed by atoms with Crippen molar-refractivity contribution in [1.82, 2.24) is 0 Å². The molecule has 1 rings (SSSR count). The van der Waals surface area contributed by atoms with E-state index in [-0.39, 0.29) is 14.1 Å². The lowest BCUT2D eigenvalue weighted by Gasteiger charge is -1.95. The molecule has 5 heteroatoms. The summed E-state index contributed by atoms with van der Waals surface area (Å²) >= 11 is 9.10. The number of aryl methyl sites for hydroxylation is 1. The van der Waals surface area contributed by atoms with Gasteiger partial charge in [0, 0.05) is 9.50 Å². The predicted molar refractivity (Wildman–Crippen MR) is 51.4 cm³/mol. The maximum Gasteiger partial charge on any atom is 0.0435 e. The van der Waals surface area contributed by atoms with Gasteiger partial charge in [-0.15, -0.1) is 0 Å². The quantitative estimate of drug-likeness (QED) is 0.668. The molecule has 0 aliphatic rings. The zero-order chi connectivity index (χ0) is 6.85. The summed E-state index contributed by atoms with van der Waals surface area (Å²) in [5.74, 6) is 0. The SMILES string of the molecule is Cc1cc(Br)ccc1Cl.F.F.F. The first-order valence-corrected chi connectivity index (χ1v) is 3.79. The first kappa shape index (κ1) is 17.8. The van der Waals surface area contributed by atoms with Crippen molar-refractivity contribution in [2.75, 3.05) is 0 Å². The van der Waals surface area contributed by atoms with Crippen LogP contribution in [-0.2, 0) is 0 Å². The monoisotopic (exact) mass is 264 g/mol. The Kier molecular flexibility index (Phi) is 11.0. The molecule has 72 valence electrons. The first-order chi connectivity index (χ1) is 4.20. The molecule has 0 fully saturated rings. The normalized spacial score (nSPS) is 7.25. The number of benzene rings is 1. The number of hydrogen-bond acceptors (Lipinski definition) is 0. The molecule has 0 unspecified atom stereocenters. The van der Waals surface area contributed by atoms with Crippen molar-refractivity contribution in [2.24, 2.45) is 0 Å². The Labute approximate surface area is 82.2 Å². The highest BCUT2D eigenvalue weighted by atomic mass is 79.9. The van der Waals surface area contributed by atoms with Crippen molar-refractivity contribution in [3.63, 3.8) is 0 Å². The van der Waals surface area contributed by atoms with Crippen LogP contribution in [0, 0.1) is 6.92 Å². The van der Waals surface area contributed by atoms with Crippen molar-refractivity contribution in [1.29, 1.82) is 0 Å². The molecular weight excluding hydrogens is 256 g/mol. The highest BCUT2D eigenvalue weighted by molar-refractivity contribution is 9.10. The Bertz CT molecular complexity index is 230. The van der Waals surface area contributed by atoms with Crippen LogP contribution in [0.2, 0.25) is 5.02 Å². The van der Waals surface area contributed by atoms with Crippen LogP contribution >= 0.6 is 27.5 Å². The standard InChI is InChI=1S/C7H6BrCl.3FH/c1-5-4-6(8)2-3-7(5)9;;;/h2-4H,1H3;3*1H. The molecular formula is C7H9BrClF3. The van der Waals surface area contributed by atoms with Gasteiger partial charge in [0.05, 0.1) is 0 Å². The zero-order valence-electron chi connectivity index (χ0n) is 6.21. The highest BCUT2D eigenvalue weighted by Crippen LogP contribution is 2.19. The van der Waals surface area contributed by atoms with Crippen LogP contribution in [0.5, 0.6) is 0 Å². The van der Waals surface area contributed by atoms with Gasteiger partial charge in [0.15, 0.2) is 0 Å². The topological polar surface area (TPSA) is 0 Å². The van der Waals surface area contributed by atoms with E-state index in [9.17, 15) is 0 Å². The number of hydrogen-bond donors (Lipinski definition) is 0. The van der Waals surface area contributed by atoms with Gasteiger partial charge in [0.2, 0.25) is 0 Å². The molecule has 0 nitrogen and oxygen atoms in total. The molecule has 0 bridgehead atoms. The minimum absolute atomic E-state index is 0. The van der Waals surface area contributed by atoms with E-state index in [1.54, 1.807) is 0 Å². The lowest BCUT2D eigenvalue weighted by atomic mass is 10.2. The minimum atomic E-state index is 0. The number of halogens is 5. The average Bonchev–Trinajstić information content (AvgIpc) is 1.80. The third-order valence-corrected chi connectivity index (χ3v) is 2.04. The van der Waals surface area contributed by atoms with Gasteiger partial charge in [-0.1, -0.05) is 27.5 Å². The Morgan fingerprint density at radius 3 is 2.00 bits per heavy atom. The zero-order valence-corrected chi connectivity index (χ0v) is 8.55. The summed E-state index contributed by atoms with van der Waals surface area (Å²) in [6.45, 7) is 1.98. The summed E-state index contributed by atoms with van der Waals surface area (Å²) in [5, 5.41) is 0.818. The lowest BCUT2D eigenvalue weighted by molar-refractivity contribution is 1.11. The predicted octanol–water partition coefficient (Wildman–Crippen LogP) is 3.87. The largest absolute Gasteiger partial charge is 0.269 e. The molecule has 1 aromatic carbocycles. The molecule has 0 saturated carbocycles. The molecule has 0 saturated heterocycles.